The van der Waals surface area contributed by atoms with Crippen LogP contribution in [0.3, 0.4) is 0 Å². The number of benzene rings is 1. The van der Waals surface area contributed by atoms with Gasteiger partial charge in [-0.05, 0) is 36.1 Å². The topological polar surface area (TPSA) is 99.5 Å². The van der Waals surface area contributed by atoms with E-state index < -0.39 is 18.5 Å². The molecule has 1 saturated heterocycles. The number of thiophene rings is 1. The molecule has 2 heterocycles. The van der Waals surface area contributed by atoms with Crippen molar-refractivity contribution in [2.24, 2.45) is 0 Å². The highest BCUT2D eigenvalue weighted by atomic mass is 32.1. The zero-order valence-electron chi connectivity index (χ0n) is 13.7. The minimum atomic E-state index is -0.652. The van der Waals surface area contributed by atoms with Crippen LogP contribution in [0.4, 0.5) is 10.7 Å². The number of amides is 2. The molecule has 0 atom stereocenters. The third-order valence-corrected chi connectivity index (χ3v) is 4.67. The van der Waals surface area contributed by atoms with E-state index in [1.807, 2.05) is 6.07 Å². The third kappa shape index (κ3) is 3.90. The van der Waals surface area contributed by atoms with Crippen molar-refractivity contribution in [2.45, 2.75) is 12.8 Å². The van der Waals surface area contributed by atoms with E-state index in [2.05, 4.69) is 5.32 Å². The molecule has 0 radical (unpaired) electrons. The highest BCUT2D eigenvalue weighted by Crippen LogP contribution is 2.23. The summed E-state index contributed by atoms with van der Waals surface area (Å²) in [5.41, 5.74) is 1.27. The Kier molecular flexibility index (Phi) is 5.29. The van der Waals surface area contributed by atoms with Gasteiger partial charge in [0, 0.05) is 18.7 Å². The molecule has 1 aromatic carbocycles. The van der Waals surface area contributed by atoms with Crippen LogP contribution in [-0.2, 0) is 14.3 Å². The number of hydrogen-bond acceptors (Lipinski definition) is 6. The number of carbonyl (C=O) groups excluding carboxylic acids is 3. The van der Waals surface area contributed by atoms with E-state index in [-0.39, 0.29) is 11.5 Å². The largest absolute Gasteiger partial charge is 0.452 e. The minimum absolute atomic E-state index is 0.0270. The highest BCUT2D eigenvalue weighted by molar-refractivity contribution is 7.14. The van der Waals surface area contributed by atoms with E-state index in [0.29, 0.717) is 29.2 Å². The molecule has 0 saturated carbocycles. The number of nitrogens with zero attached hydrogens (tertiary/aromatic N) is 2. The quantitative estimate of drug-likeness (QED) is 0.817. The molecule has 1 fully saturated rings. The Morgan fingerprint density at radius 1 is 1.35 bits per heavy atom. The summed E-state index contributed by atoms with van der Waals surface area (Å²) >= 11 is 1.22. The molecule has 1 aromatic heterocycles. The molecule has 26 heavy (non-hydrogen) atoms. The molecule has 8 heteroatoms. The van der Waals surface area contributed by atoms with Crippen LogP contribution in [0.5, 0.6) is 0 Å². The van der Waals surface area contributed by atoms with Crippen LogP contribution in [0.15, 0.2) is 35.7 Å². The van der Waals surface area contributed by atoms with Gasteiger partial charge in [0.15, 0.2) is 6.61 Å². The van der Waals surface area contributed by atoms with Crippen LogP contribution >= 0.6 is 11.3 Å². The molecule has 0 bridgehead atoms. The molecular formula is C18H15N3O4S. The van der Waals surface area contributed by atoms with E-state index in [1.54, 1.807) is 40.6 Å². The van der Waals surface area contributed by atoms with Crippen LogP contribution in [0.1, 0.15) is 28.8 Å². The van der Waals surface area contributed by atoms with Gasteiger partial charge in [0.05, 0.1) is 11.1 Å². The van der Waals surface area contributed by atoms with Crippen LogP contribution in [-0.4, -0.2) is 30.9 Å². The van der Waals surface area contributed by atoms with E-state index >= 15 is 0 Å². The monoisotopic (exact) mass is 369 g/mol. The summed E-state index contributed by atoms with van der Waals surface area (Å²) in [6, 6.07) is 10.1. The third-order valence-electron chi connectivity index (χ3n) is 3.84. The summed E-state index contributed by atoms with van der Waals surface area (Å²) in [4.78, 5) is 37.5. The second-order valence-corrected chi connectivity index (χ2v) is 6.51. The predicted molar refractivity (Wildman–Crippen MR) is 96.0 cm³/mol. The van der Waals surface area contributed by atoms with Gasteiger partial charge < -0.3 is 15.0 Å². The van der Waals surface area contributed by atoms with Gasteiger partial charge in [-0.1, -0.05) is 6.07 Å². The fourth-order valence-electron chi connectivity index (χ4n) is 2.59. The summed E-state index contributed by atoms with van der Waals surface area (Å²) in [5.74, 6) is -1.15. The highest BCUT2D eigenvalue weighted by Gasteiger charge is 2.22. The van der Waals surface area contributed by atoms with Crippen molar-refractivity contribution < 1.29 is 19.1 Å². The molecule has 0 aliphatic carbocycles. The minimum Gasteiger partial charge on any atom is -0.452 e. The Morgan fingerprint density at radius 2 is 2.19 bits per heavy atom. The molecule has 1 aliphatic heterocycles. The van der Waals surface area contributed by atoms with Crippen LogP contribution in [0, 0.1) is 11.3 Å². The molecule has 7 nitrogen and oxygen atoms in total. The first-order valence-corrected chi connectivity index (χ1v) is 8.81. The lowest BCUT2D eigenvalue weighted by molar-refractivity contribution is -0.119. The summed E-state index contributed by atoms with van der Waals surface area (Å²) in [6.07, 6.45) is 1.29. The lowest BCUT2D eigenvalue weighted by atomic mass is 10.2. The van der Waals surface area contributed by atoms with Gasteiger partial charge in [0.2, 0.25) is 5.91 Å². The van der Waals surface area contributed by atoms with Gasteiger partial charge in [-0.2, -0.15) is 5.26 Å². The molecule has 0 spiro atoms. The second-order valence-electron chi connectivity index (χ2n) is 5.60. The van der Waals surface area contributed by atoms with Crippen molar-refractivity contribution in [2.75, 3.05) is 23.4 Å². The Morgan fingerprint density at radius 3 is 2.92 bits per heavy atom. The van der Waals surface area contributed by atoms with Crippen LogP contribution in [0.2, 0.25) is 0 Å². The van der Waals surface area contributed by atoms with Gasteiger partial charge in [0.1, 0.15) is 11.1 Å². The van der Waals surface area contributed by atoms with Gasteiger partial charge >= 0.3 is 5.97 Å². The maximum atomic E-state index is 12.2. The molecule has 1 N–H and O–H groups in total. The van der Waals surface area contributed by atoms with Crippen molar-refractivity contribution in [3.05, 3.63) is 46.8 Å². The summed E-state index contributed by atoms with van der Waals surface area (Å²) in [7, 11) is 0. The number of rotatable bonds is 5. The normalized spacial score (nSPS) is 13.3. The van der Waals surface area contributed by atoms with Crippen molar-refractivity contribution in [3.8, 4) is 6.07 Å². The Bertz CT molecular complexity index is 900. The fourth-order valence-corrected chi connectivity index (χ4v) is 3.35. The van der Waals surface area contributed by atoms with E-state index in [0.717, 1.165) is 6.42 Å². The average Bonchev–Trinajstić information content (AvgIpc) is 3.28. The summed E-state index contributed by atoms with van der Waals surface area (Å²) in [6.45, 7) is 0.163. The predicted octanol–water partition coefficient (Wildman–Crippen LogP) is 2.54. The number of esters is 1. The Labute approximate surface area is 153 Å². The zero-order valence-corrected chi connectivity index (χ0v) is 14.5. The smallest absolute Gasteiger partial charge is 0.338 e. The second kappa shape index (κ2) is 7.80. The van der Waals surface area contributed by atoms with Crippen LogP contribution < -0.4 is 10.2 Å². The fraction of sp³-hybridized carbons (Fsp3) is 0.222. The number of hydrogen-bond donors (Lipinski definition) is 1. The van der Waals surface area contributed by atoms with Crippen LogP contribution in [0.25, 0.3) is 0 Å². The van der Waals surface area contributed by atoms with Gasteiger partial charge in [-0.3, -0.25) is 9.59 Å². The zero-order chi connectivity index (χ0) is 18.5. The molecule has 2 amide bonds. The Balaban J connectivity index is 1.59. The number of anilines is 2. The molecule has 1 aliphatic rings. The van der Waals surface area contributed by atoms with Gasteiger partial charge in [-0.15, -0.1) is 11.3 Å². The van der Waals surface area contributed by atoms with Crippen molar-refractivity contribution in [1.82, 2.24) is 0 Å². The first-order chi connectivity index (χ1) is 12.6. The van der Waals surface area contributed by atoms with E-state index in [4.69, 9.17) is 10.00 Å². The summed E-state index contributed by atoms with van der Waals surface area (Å²) < 4.78 is 5.02. The SMILES string of the molecule is N#Cc1ccsc1NC(=O)COC(=O)c1cccc(N2CCCC2=O)c1. The maximum Gasteiger partial charge on any atom is 0.338 e. The van der Waals surface area contributed by atoms with E-state index in [9.17, 15) is 14.4 Å². The first-order valence-electron chi connectivity index (χ1n) is 7.93. The summed E-state index contributed by atoms with van der Waals surface area (Å²) in [5, 5.41) is 13.6. The average molecular weight is 369 g/mol. The van der Waals surface area contributed by atoms with E-state index in [1.165, 1.54) is 11.3 Å². The number of nitriles is 1. The lowest BCUT2D eigenvalue weighted by Crippen LogP contribution is -2.24. The van der Waals surface area contributed by atoms with Gasteiger partial charge in [0.25, 0.3) is 5.91 Å². The first kappa shape index (κ1) is 17.6. The number of nitrogens with one attached hydrogen (secondary N) is 1. The molecular weight excluding hydrogens is 354 g/mol. The van der Waals surface area contributed by atoms with Gasteiger partial charge in [-0.25, -0.2) is 4.79 Å². The molecule has 0 unspecified atom stereocenters. The number of ether oxygens (including phenoxy) is 1. The lowest BCUT2D eigenvalue weighted by Gasteiger charge is -2.16. The Hall–Kier alpha value is -3.18. The number of carbonyl (C=O) groups is 3. The maximum absolute atomic E-state index is 12.2. The van der Waals surface area contributed by atoms with Crippen molar-refractivity contribution >= 4 is 39.8 Å². The van der Waals surface area contributed by atoms with Crippen molar-refractivity contribution in [3.63, 3.8) is 0 Å². The molecule has 3 rings (SSSR count). The molecule has 2 aromatic rings. The standard InChI is InChI=1S/C18H15N3O4S/c19-10-13-6-8-26-17(13)20-15(22)11-25-18(24)12-3-1-4-14(9-12)21-7-2-5-16(21)23/h1,3-4,6,8-9H,2,5,7,11H2,(H,20,22). The molecule has 132 valence electrons. The van der Waals surface area contributed by atoms with Crippen molar-refractivity contribution in [1.29, 1.82) is 5.26 Å².